The van der Waals surface area contributed by atoms with Crippen molar-refractivity contribution < 1.29 is 18.3 Å². The second-order valence-corrected chi connectivity index (χ2v) is 5.98. The Hall–Kier alpha value is -1.41. The van der Waals surface area contributed by atoms with E-state index in [9.17, 15) is 13.2 Å². The van der Waals surface area contributed by atoms with E-state index in [1.54, 1.807) is 4.57 Å². The number of hydrogen-bond acceptors (Lipinski definition) is 4. The van der Waals surface area contributed by atoms with E-state index in [-0.39, 0.29) is 23.9 Å². The maximum atomic E-state index is 11.9. The Morgan fingerprint density at radius 3 is 2.68 bits per heavy atom. The fourth-order valence-electron chi connectivity index (χ4n) is 1.56. The Kier molecular flexibility index (Phi) is 5.49. The van der Waals surface area contributed by atoms with Gasteiger partial charge in [-0.2, -0.15) is 0 Å². The van der Waals surface area contributed by atoms with E-state index in [0.29, 0.717) is 13.0 Å². The summed E-state index contributed by atoms with van der Waals surface area (Å²) in [5.41, 5.74) is 0. The first kappa shape index (κ1) is 15.6. The van der Waals surface area contributed by atoms with E-state index in [0.717, 1.165) is 0 Å². The summed E-state index contributed by atoms with van der Waals surface area (Å²) in [4.78, 5) is 14.4. The minimum absolute atomic E-state index is 0.0421. The van der Waals surface area contributed by atoms with Crippen molar-refractivity contribution in [2.45, 2.75) is 38.3 Å². The number of nitrogens with zero attached hydrogens (tertiary/aromatic N) is 2. The fourth-order valence-corrected chi connectivity index (χ4v) is 2.62. The van der Waals surface area contributed by atoms with Crippen LogP contribution < -0.4 is 4.72 Å². The van der Waals surface area contributed by atoms with Crippen molar-refractivity contribution in [3.8, 4) is 0 Å². The normalized spacial score (nSPS) is 13.4. The largest absolute Gasteiger partial charge is 0.481 e. The molecule has 1 heterocycles. The van der Waals surface area contributed by atoms with Crippen molar-refractivity contribution in [2.24, 2.45) is 5.92 Å². The Labute approximate surface area is 112 Å². The molecule has 1 unspecified atom stereocenters. The second kappa shape index (κ2) is 6.67. The molecule has 0 spiro atoms. The molecule has 0 bridgehead atoms. The number of rotatable bonds is 8. The molecule has 0 radical (unpaired) electrons. The molecule has 0 saturated carbocycles. The molecule has 19 heavy (non-hydrogen) atoms. The Balaban J connectivity index is 2.66. The third-order valence-corrected chi connectivity index (χ3v) is 4.16. The molecule has 2 N–H and O–H groups in total. The molecule has 1 atom stereocenters. The summed E-state index contributed by atoms with van der Waals surface area (Å²) in [5.74, 6) is -1.15. The Bertz CT molecular complexity index is 524. The molecule has 0 fully saturated rings. The molecular weight excluding hydrogens is 270 g/mol. The molecule has 0 aromatic carbocycles. The van der Waals surface area contributed by atoms with E-state index < -0.39 is 16.0 Å². The third kappa shape index (κ3) is 4.64. The van der Waals surface area contributed by atoms with Crippen LogP contribution in [-0.4, -0.2) is 35.6 Å². The first-order valence-corrected chi connectivity index (χ1v) is 7.60. The number of aromatic nitrogens is 2. The zero-order valence-electron chi connectivity index (χ0n) is 11.0. The molecule has 0 aliphatic carbocycles. The molecule has 0 aliphatic rings. The Morgan fingerprint density at radius 1 is 1.53 bits per heavy atom. The summed E-state index contributed by atoms with van der Waals surface area (Å²) >= 11 is 0. The van der Waals surface area contributed by atoms with Crippen LogP contribution in [0, 0.1) is 5.92 Å². The third-order valence-electron chi connectivity index (χ3n) is 2.85. The lowest BCUT2D eigenvalue weighted by atomic mass is 10.0. The van der Waals surface area contributed by atoms with Crippen LogP contribution >= 0.6 is 0 Å². The van der Waals surface area contributed by atoms with Crippen molar-refractivity contribution in [1.29, 1.82) is 0 Å². The van der Waals surface area contributed by atoms with Gasteiger partial charge in [-0.05, 0) is 12.8 Å². The minimum Gasteiger partial charge on any atom is -0.481 e. The number of nitrogens with one attached hydrogen (secondary N) is 1. The zero-order valence-corrected chi connectivity index (χ0v) is 11.9. The van der Waals surface area contributed by atoms with Crippen LogP contribution in [-0.2, 0) is 21.4 Å². The van der Waals surface area contributed by atoms with Gasteiger partial charge in [-0.3, -0.25) is 4.79 Å². The predicted octanol–water partition coefficient (Wildman–Crippen LogP) is 0.682. The van der Waals surface area contributed by atoms with Crippen molar-refractivity contribution in [1.82, 2.24) is 14.3 Å². The fraction of sp³-hybridized carbons (Fsp3) is 0.636. The summed E-state index contributed by atoms with van der Waals surface area (Å²) < 4.78 is 27.9. The number of carboxylic acid groups (broad SMARTS) is 1. The second-order valence-electron chi connectivity index (χ2n) is 4.27. The smallest absolute Gasteiger partial charge is 0.303 e. The Morgan fingerprint density at radius 2 is 2.21 bits per heavy atom. The number of carboxylic acids is 1. The lowest BCUT2D eigenvalue weighted by Gasteiger charge is -2.12. The van der Waals surface area contributed by atoms with Crippen LogP contribution in [0.15, 0.2) is 17.6 Å². The number of sulfonamides is 1. The highest BCUT2D eigenvalue weighted by Crippen LogP contribution is 2.10. The lowest BCUT2D eigenvalue weighted by molar-refractivity contribution is -0.138. The number of hydrogen-bond donors (Lipinski definition) is 2. The van der Waals surface area contributed by atoms with Crippen LogP contribution in [0.1, 0.15) is 26.7 Å². The predicted molar refractivity (Wildman–Crippen MR) is 69.1 cm³/mol. The van der Waals surface area contributed by atoms with Gasteiger partial charge >= 0.3 is 5.97 Å². The van der Waals surface area contributed by atoms with Crippen LogP contribution in [0.25, 0.3) is 0 Å². The maximum absolute atomic E-state index is 11.9. The number of aliphatic carboxylic acids is 1. The van der Waals surface area contributed by atoms with Crippen LogP contribution in [0.4, 0.5) is 0 Å². The lowest BCUT2D eigenvalue weighted by Crippen LogP contribution is -2.30. The van der Waals surface area contributed by atoms with Gasteiger partial charge in [0.1, 0.15) is 0 Å². The number of imidazole rings is 1. The molecule has 0 amide bonds. The van der Waals surface area contributed by atoms with Gasteiger partial charge in [0.05, 0.1) is 6.33 Å². The van der Waals surface area contributed by atoms with Gasteiger partial charge in [-0.25, -0.2) is 18.1 Å². The highest BCUT2D eigenvalue weighted by atomic mass is 32.2. The molecule has 1 aromatic heterocycles. The average Bonchev–Trinajstić information content (AvgIpc) is 2.83. The molecule has 8 heteroatoms. The van der Waals surface area contributed by atoms with Gasteiger partial charge < -0.3 is 9.67 Å². The van der Waals surface area contributed by atoms with Crippen molar-refractivity contribution in [3.63, 3.8) is 0 Å². The molecule has 1 rings (SSSR count). The molecular formula is C11H19N3O4S. The number of aryl methyl sites for hydroxylation is 1. The van der Waals surface area contributed by atoms with Gasteiger partial charge in [0, 0.05) is 25.7 Å². The van der Waals surface area contributed by atoms with E-state index in [4.69, 9.17) is 5.11 Å². The van der Waals surface area contributed by atoms with Crippen LogP contribution in [0.2, 0.25) is 0 Å². The monoisotopic (exact) mass is 289 g/mol. The van der Waals surface area contributed by atoms with E-state index in [1.807, 2.05) is 13.8 Å². The van der Waals surface area contributed by atoms with Gasteiger partial charge in [-0.15, -0.1) is 0 Å². The molecule has 0 saturated heterocycles. The molecule has 7 nitrogen and oxygen atoms in total. The van der Waals surface area contributed by atoms with Crippen LogP contribution in [0.3, 0.4) is 0 Å². The summed E-state index contributed by atoms with van der Waals surface area (Å²) in [6.45, 7) is 4.45. The van der Waals surface area contributed by atoms with E-state index in [2.05, 4.69) is 9.71 Å². The van der Waals surface area contributed by atoms with Gasteiger partial charge in [0.15, 0.2) is 5.03 Å². The van der Waals surface area contributed by atoms with Gasteiger partial charge in [-0.1, -0.05) is 13.3 Å². The van der Waals surface area contributed by atoms with E-state index >= 15 is 0 Å². The van der Waals surface area contributed by atoms with Crippen molar-refractivity contribution in [2.75, 3.05) is 6.54 Å². The first-order chi connectivity index (χ1) is 8.89. The summed E-state index contributed by atoms with van der Waals surface area (Å²) in [5, 5.41) is 8.66. The van der Waals surface area contributed by atoms with Crippen molar-refractivity contribution in [3.05, 3.63) is 12.5 Å². The maximum Gasteiger partial charge on any atom is 0.303 e. The van der Waals surface area contributed by atoms with E-state index in [1.165, 1.54) is 12.5 Å². The highest BCUT2D eigenvalue weighted by Gasteiger charge is 2.19. The van der Waals surface area contributed by atoms with Gasteiger partial charge in [0.25, 0.3) is 10.0 Å². The van der Waals surface area contributed by atoms with Gasteiger partial charge in [0.2, 0.25) is 0 Å². The van der Waals surface area contributed by atoms with Crippen LogP contribution in [0.5, 0.6) is 0 Å². The van der Waals surface area contributed by atoms with Crippen molar-refractivity contribution >= 4 is 16.0 Å². The molecule has 1 aromatic rings. The standard InChI is InChI=1S/C11H19N3O4S/c1-3-9(5-11(15)16)6-13-19(17,18)10-7-14(4-2)8-12-10/h7-9,13H,3-6H2,1-2H3,(H,15,16). The quantitative estimate of drug-likeness (QED) is 0.733. The topological polar surface area (TPSA) is 101 Å². The number of carbonyl (C=O) groups is 1. The molecule has 108 valence electrons. The summed E-state index contributed by atoms with van der Waals surface area (Å²) in [6, 6.07) is 0. The zero-order chi connectivity index (χ0) is 14.5. The summed E-state index contributed by atoms with van der Waals surface area (Å²) in [6.07, 6.45) is 3.43. The average molecular weight is 289 g/mol. The minimum atomic E-state index is -3.67. The molecule has 0 aliphatic heterocycles. The SMILES string of the molecule is CCC(CNS(=O)(=O)c1cn(CC)cn1)CC(=O)O. The summed E-state index contributed by atoms with van der Waals surface area (Å²) in [7, 11) is -3.67. The first-order valence-electron chi connectivity index (χ1n) is 6.12. The highest BCUT2D eigenvalue weighted by molar-refractivity contribution is 7.89.